The van der Waals surface area contributed by atoms with Crippen molar-refractivity contribution >= 4 is 5.97 Å². The molecule has 0 saturated heterocycles. The van der Waals surface area contributed by atoms with E-state index in [0.29, 0.717) is 12.3 Å². The third-order valence-corrected chi connectivity index (χ3v) is 2.84. The van der Waals surface area contributed by atoms with Crippen molar-refractivity contribution in [2.75, 3.05) is 0 Å². The fraction of sp³-hybridized carbons (Fsp3) is 0.308. The van der Waals surface area contributed by atoms with Gasteiger partial charge in [-0.2, -0.15) is 0 Å². The maximum absolute atomic E-state index is 10.7. The van der Waals surface area contributed by atoms with Gasteiger partial charge >= 0.3 is 5.97 Å². The summed E-state index contributed by atoms with van der Waals surface area (Å²) < 4.78 is 7.38. The molecule has 1 N–H and O–H groups in total. The van der Waals surface area contributed by atoms with Crippen LogP contribution in [0.1, 0.15) is 34.6 Å². The summed E-state index contributed by atoms with van der Waals surface area (Å²) in [5, 5.41) is 8.78. The SMILES string of the molecule is CCc1ccc(C)n1Cc1ccc(C(=O)O)o1. The normalized spacial score (nSPS) is 10.7. The number of carboxylic acids is 1. The highest BCUT2D eigenvalue weighted by Crippen LogP contribution is 2.15. The second-order valence-electron chi connectivity index (χ2n) is 3.98. The van der Waals surface area contributed by atoms with Gasteiger partial charge < -0.3 is 14.1 Å². The van der Waals surface area contributed by atoms with Crippen LogP contribution in [0.5, 0.6) is 0 Å². The molecule has 2 aromatic rings. The third kappa shape index (κ3) is 2.25. The van der Waals surface area contributed by atoms with Gasteiger partial charge in [-0.25, -0.2) is 4.79 Å². The molecule has 0 spiro atoms. The molecule has 2 heterocycles. The molecule has 2 aromatic heterocycles. The summed E-state index contributed by atoms with van der Waals surface area (Å²) >= 11 is 0. The molecule has 0 unspecified atom stereocenters. The summed E-state index contributed by atoms with van der Waals surface area (Å²) in [6.45, 7) is 4.70. The number of carbonyl (C=O) groups is 1. The van der Waals surface area contributed by atoms with Crippen molar-refractivity contribution < 1.29 is 14.3 Å². The van der Waals surface area contributed by atoms with Gasteiger partial charge in [0, 0.05) is 11.4 Å². The Bertz CT molecular complexity index is 537. The van der Waals surface area contributed by atoms with E-state index in [-0.39, 0.29) is 5.76 Å². The standard InChI is InChI=1S/C13H15NO3/c1-3-10-5-4-9(2)14(10)8-11-6-7-12(17-11)13(15)16/h4-7H,3,8H2,1-2H3,(H,15,16). The molecule has 17 heavy (non-hydrogen) atoms. The summed E-state index contributed by atoms with van der Waals surface area (Å²) in [4.78, 5) is 10.7. The molecule has 0 fully saturated rings. The predicted octanol–water partition coefficient (Wildman–Crippen LogP) is 2.70. The summed E-state index contributed by atoms with van der Waals surface area (Å²) in [6, 6.07) is 7.33. The summed E-state index contributed by atoms with van der Waals surface area (Å²) in [5.41, 5.74) is 2.37. The van der Waals surface area contributed by atoms with Crippen LogP contribution in [0.3, 0.4) is 0 Å². The van der Waals surface area contributed by atoms with Crippen LogP contribution in [-0.2, 0) is 13.0 Å². The first-order chi connectivity index (χ1) is 8.11. The fourth-order valence-corrected chi connectivity index (χ4v) is 1.89. The Labute approximate surface area is 99.5 Å². The highest BCUT2D eigenvalue weighted by molar-refractivity contribution is 5.84. The maximum Gasteiger partial charge on any atom is 0.371 e. The van der Waals surface area contributed by atoms with Crippen LogP contribution in [0.4, 0.5) is 0 Å². The lowest BCUT2D eigenvalue weighted by Gasteiger charge is -2.08. The van der Waals surface area contributed by atoms with Gasteiger partial charge in [0.25, 0.3) is 0 Å². The minimum absolute atomic E-state index is 0.0112. The Hall–Kier alpha value is -1.97. The number of nitrogens with zero attached hydrogens (tertiary/aromatic N) is 1. The van der Waals surface area contributed by atoms with Gasteiger partial charge in [-0.3, -0.25) is 0 Å². The van der Waals surface area contributed by atoms with Crippen LogP contribution in [-0.4, -0.2) is 15.6 Å². The average Bonchev–Trinajstić information content (AvgIpc) is 2.88. The van der Waals surface area contributed by atoms with Gasteiger partial charge in [0.05, 0.1) is 6.54 Å². The van der Waals surface area contributed by atoms with Crippen molar-refractivity contribution in [1.29, 1.82) is 0 Å². The first kappa shape index (κ1) is 11.5. The number of furan rings is 1. The molecule has 4 nitrogen and oxygen atoms in total. The number of rotatable bonds is 4. The molecule has 2 rings (SSSR count). The Morgan fingerprint density at radius 1 is 1.35 bits per heavy atom. The van der Waals surface area contributed by atoms with E-state index in [0.717, 1.165) is 12.1 Å². The van der Waals surface area contributed by atoms with Crippen molar-refractivity contribution in [3.05, 3.63) is 47.2 Å². The van der Waals surface area contributed by atoms with E-state index < -0.39 is 5.97 Å². The highest BCUT2D eigenvalue weighted by atomic mass is 16.4. The maximum atomic E-state index is 10.7. The van der Waals surface area contributed by atoms with Crippen LogP contribution in [0.2, 0.25) is 0 Å². The van der Waals surface area contributed by atoms with Crippen LogP contribution in [0.15, 0.2) is 28.7 Å². The van der Waals surface area contributed by atoms with E-state index >= 15 is 0 Å². The van der Waals surface area contributed by atoms with E-state index in [9.17, 15) is 4.79 Å². The Balaban J connectivity index is 2.24. The van der Waals surface area contributed by atoms with E-state index in [1.54, 1.807) is 6.07 Å². The number of hydrogen-bond acceptors (Lipinski definition) is 2. The van der Waals surface area contributed by atoms with Crippen molar-refractivity contribution in [2.45, 2.75) is 26.8 Å². The zero-order valence-corrected chi connectivity index (χ0v) is 9.93. The molecule has 0 aliphatic carbocycles. The molecule has 0 amide bonds. The second kappa shape index (κ2) is 4.49. The van der Waals surface area contributed by atoms with Crippen molar-refractivity contribution in [3.63, 3.8) is 0 Å². The summed E-state index contributed by atoms with van der Waals surface area (Å²) in [5.74, 6) is -0.379. The topological polar surface area (TPSA) is 55.4 Å². The van der Waals surface area contributed by atoms with Crippen LogP contribution < -0.4 is 0 Å². The van der Waals surface area contributed by atoms with E-state index in [2.05, 4.69) is 23.6 Å². The molecular weight excluding hydrogens is 218 g/mol. The lowest BCUT2D eigenvalue weighted by atomic mass is 10.3. The quantitative estimate of drug-likeness (QED) is 0.883. The molecule has 0 atom stereocenters. The largest absolute Gasteiger partial charge is 0.475 e. The summed E-state index contributed by atoms with van der Waals surface area (Å²) in [6.07, 6.45) is 0.945. The molecule has 0 bridgehead atoms. The zero-order chi connectivity index (χ0) is 12.4. The fourth-order valence-electron chi connectivity index (χ4n) is 1.89. The lowest BCUT2D eigenvalue weighted by Crippen LogP contribution is -2.04. The number of aromatic nitrogens is 1. The Morgan fingerprint density at radius 2 is 2.12 bits per heavy atom. The number of aromatic carboxylic acids is 1. The number of hydrogen-bond donors (Lipinski definition) is 1. The summed E-state index contributed by atoms with van der Waals surface area (Å²) in [7, 11) is 0. The Kier molecular flexibility index (Phi) is 3.04. The Morgan fingerprint density at radius 3 is 2.71 bits per heavy atom. The minimum atomic E-state index is -1.03. The second-order valence-corrected chi connectivity index (χ2v) is 3.98. The average molecular weight is 233 g/mol. The lowest BCUT2D eigenvalue weighted by molar-refractivity contribution is 0.0660. The van der Waals surface area contributed by atoms with Gasteiger partial charge in [0.1, 0.15) is 5.76 Å². The first-order valence-electron chi connectivity index (χ1n) is 5.59. The van der Waals surface area contributed by atoms with Crippen LogP contribution in [0, 0.1) is 6.92 Å². The van der Waals surface area contributed by atoms with Crippen molar-refractivity contribution in [1.82, 2.24) is 4.57 Å². The monoisotopic (exact) mass is 233 g/mol. The molecular formula is C13H15NO3. The molecule has 0 radical (unpaired) electrons. The third-order valence-electron chi connectivity index (χ3n) is 2.84. The highest BCUT2D eigenvalue weighted by Gasteiger charge is 2.11. The molecule has 0 aromatic carbocycles. The number of carboxylic acid groups (broad SMARTS) is 1. The smallest absolute Gasteiger partial charge is 0.371 e. The first-order valence-corrected chi connectivity index (χ1v) is 5.59. The van der Waals surface area contributed by atoms with Crippen LogP contribution >= 0.6 is 0 Å². The van der Waals surface area contributed by atoms with Gasteiger partial charge in [0.15, 0.2) is 0 Å². The van der Waals surface area contributed by atoms with Gasteiger partial charge in [-0.1, -0.05) is 6.92 Å². The molecule has 90 valence electrons. The molecule has 0 aliphatic rings. The van der Waals surface area contributed by atoms with E-state index in [1.165, 1.54) is 11.8 Å². The zero-order valence-electron chi connectivity index (χ0n) is 9.93. The minimum Gasteiger partial charge on any atom is -0.475 e. The van der Waals surface area contributed by atoms with E-state index in [4.69, 9.17) is 9.52 Å². The molecule has 0 saturated carbocycles. The van der Waals surface area contributed by atoms with E-state index in [1.807, 2.05) is 6.92 Å². The predicted molar refractivity (Wildman–Crippen MR) is 63.3 cm³/mol. The van der Waals surface area contributed by atoms with Gasteiger partial charge in [-0.15, -0.1) is 0 Å². The van der Waals surface area contributed by atoms with Crippen molar-refractivity contribution in [3.8, 4) is 0 Å². The van der Waals surface area contributed by atoms with Crippen LogP contribution in [0.25, 0.3) is 0 Å². The molecule has 4 heteroatoms. The van der Waals surface area contributed by atoms with Gasteiger partial charge in [-0.05, 0) is 37.6 Å². The van der Waals surface area contributed by atoms with Crippen molar-refractivity contribution in [2.24, 2.45) is 0 Å². The number of aryl methyl sites for hydroxylation is 2. The molecule has 0 aliphatic heterocycles. The van der Waals surface area contributed by atoms with Gasteiger partial charge in [0.2, 0.25) is 5.76 Å².